The van der Waals surface area contributed by atoms with E-state index in [4.69, 9.17) is 14.4 Å². The van der Waals surface area contributed by atoms with Crippen molar-refractivity contribution < 1.29 is 14.4 Å². The Morgan fingerprint density at radius 2 is 1.55 bits per heavy atom. The Kier molecular flexibility index (Phi) is 3.18. The van der Waals surface area contributed by atoms with Crippen LogP contribution in [0.4, 0.5) is 0 Å². The molecule has 11 heavy (non-hydrogen) atoms. The van der Waals surface area contributed by atoms with Gasteiger partial charge in [-0.05, 0) is 31.1 Å². The summed E-state index contributed by atoms with van der Waals surface area (Å²) in [7, 11) is -2.87. The third-order valence-electron chi connectivity index (χ3n) is 2.17. The van der Waals surface area contributed by atoms with E-state index in [1.807, 2.05) is 0 Å². The van der Waals surface area contributed by atoms with Crippen molar-refractivity contribution in [2.45, 2.75) is 19.3 Å². The predicted octanol–water partition coefficient (Wildman–Crippen LogP) is 1.60. The van der Waals surface area contributed by atoms with Gasteiger partial charge in [0.1, 0.15) is 0 Å². The molecule has 1 fully saturated rings. The minimum atomic E-state index is -2.87. The second-order valence-electron chi connectivity index (χ2n) is 2.97. The number of hydrogen-bond donors (Lipinski definition) is 2. The molecule has 4 heteroatoms. The van der Waals surface area contributed by atoms with Gasteiger partial charge in [0.05, 0.1) is 0 Å². The van der Waals surface area contributed by atoms with Gasteiger partial charge in [-0.3, -0.25) is 0 Å². The zero-order chi connectivity index (χ0) is 8.27. The summed E-state index contributed by atoms with van der Waals surface area (Å²) < 4.78 is 8.70. The first-order valence-electron chi connectivity index (χ1n) is 3.72. The molecule has 2 N–H and O–H groups in total. The Morgan fingerprint density at radius 3 is 1.64 bits per heavy atom. The summed E-state index contributed by atoms with van der Waals surface area (Å²) in [6.07, 6.45) is 9.19. The van der Waals surface area contributed by atoms with E-state index in [0.717, 1.165) is 11.8 Å². The topological polar surface area (TPSA) is 57.5 Å². The second kappa shape index (κ2) is 3.96. The van der Waals surface area contributed by atoms with Crippen molar-refractivity contribution in [2.24, 2.45) is 11.8 Å². The van der Waals surface area contributed by atoms with Gasteiger partial charge >= 0.3 is 8.25 Å². The van der Waals surface area contributed by atoms with E-state index in [9.17, 15) is 0 Å². The van der Waals surface area contributed by atoms with Gasteiger partial charge in [-0.1, -0.05) is 12.2 Å². The van der Waals surface area contributed by atoms with Crippen LogP contribution in [0.1, 0.15) is 19.3 Å². The summed E-state index contributed by atoms with van der Waals surface area (Å²) >= 11 is 0. The zero-order valence-electron chi connectivity index (χ0n) is 6.18. The molecule has 3 nitrogen and oxygen atoms in total. The quantitative estimate of drug-likeness (QED) is 0.434. The van der Waals surface area contributed by atoms with E-state index in [1.165, 1.54) is 19.3 Å². The molecule has 0 aromatic rings. The van der Waals surface area contributed by atoms with E-state index in [1.54, 1.807) is 0 Å². The standard InChI is InChI=1S/C7H10.HO3P/c1-2-7-4-3-6(1)5-7;1-4(2)3/h1-2,6-7H,3-5H2;(H-,1,2,3)/p+1. The van der Waals surface area contributed by atoms with Crippen molar-refractivity contribution in [3.05, 3.63) is 12.2 Å². The zero-order valence-corrected chi connectivity index (χ0v) is 7.08. The molecule has 62 valence electrons. The Labute approximate surface area is 66.7 Å². The summed E-state index contributed by atoms with van der Waals surface area (Å²) in [5.41, 5.74) is 0. The molecule has 2 atom stereocenters. The predicted molar refractivity (Wildman–Crippen MR) is 42.0 cm³/mol. The fraction of sp³-hybridized carbons (Fsp3) is 0.714. The first-order chi connectivity index (χ1) is 5.18. The first-order valence-corrected chi connectivity index (χ1v) is 4.88. The molecular formula is C7H12O3P+. The van der Waals surface area contributed by atoms with E-state index in [0.29, 0.717) is 0 Å². The minimum absolute atomic E-state index is 0.991. The summed E-state index contributed by atoms with van der Waals surface area (Å²) in [6.45, 7) is 0. The van der Waals surface area contributed by atoms with Crippen molar-refractivity contribution in [3.63, 3.8) is 0 Å². The maximum Gasteiger partial charge on any atom is 0.692 e. The smallest absolute Gasteiger partial charge is 0.134 e. The molecule has 0 heterocycles. The van der Waals surface area contributed by atoms with E-state index < -0.39 is 8.25 Å². The van der Waals surface area contributed by atoms with Crippen LogP contribution < -0.4 is 0 Å². The van der Waals surface area contributed by atoms with E-state index >= 15 is 0 Å². The summed E-state index contributed by atoms with van der Waals surface area (Å²) in [4.78, 5) is 14.2. The van der Waals surface area contributed by atoms with Gasteiger partial charge in [-0.15, -0.1) is 9.79 Å². The Hall–Kier alpha value is -0.240. The van der Waals surface area contributed by atoms with Gasteiger partial charge < -0.3 is 0 Å². The van der Waals surface area contributed by atoms with E-state index in [-0.39, 0.29) is 0 Å². The third kappa shape index (κ3) is 3.10. The van der Waals surface area contributed by atoms with Gasteiger partial charge in [0.25, 0.3) is 0 Å². The van der Waals surface area contributed by atoms with Crippen LogP contribution in [0.3, 0.4) is 0 Å². The van der Waals surface area contributed by atoms with Crippen molar-refractivity contribution in [3.8, 4) is 0 Å². The molecule has 0 aliphatic heterocycles. The highest BCUT2D eigenvalue weighted by Crippen LogP contribution is 2.38. The van der Waals surface area contributed by atoms with Crippen molar-refractivity contribution in [2.75, 3.05) is 0 Å². The Morgan fingerprint density at radius 1 is 1.18 bits per heavy atom. The molecule has 0 aromatic carbocycles. The molecule has 0 spiro atoms. The normalized spacial score (nSPS) is 31.5. The van der Waals surface area contributed by atoms with Crippen LogP contribution in [0.15, 0.2) is 12.2 Å². The maximum absolute atomic E-state index is 8.70. The second-order valence-corrected chi connectivity index (χ2v) is 3.48. The van der Waals surface area contributed by atoms with Crippen molar-refractivity contribution in [1.82, 2.24) is 0 Å². The molecule has 2 bridgehead atoms. The SMILES string of the molecule is C1=CC2CCC1C2.O=[P+](O)O. The largest absolute Gasteiger partial charge is 0.692 e. The number of fused-ring (bicyclic) bond motifs is 2. The van der Waals surface area contributed by atoms with Crippen LogP contribution in [0.5, 0.6) is 0 Å². The van der Waals surface area contributed by atoms with E-state index in [2.05, 4.69) is 12.2 Å². The lowest BCUT2D eigenvalue weighted by molar-refractivity contribution is 0.405. The molecule has 0 radical (unpaired) electrons. The molecule has 2 rings (SSSR count). The molecule has 0 aromatic heterocycles. The minimum Gasteiger partial charge on any atom is -0.134 e. The van der Waals surface area contributed by atoms with Crippen LogP contribution in [0.2, 0.25) is 0 Å². The molecule has 2 aliphatic carbocycles. The van der Waals surface area contributed by atoms with Gasteiger partial charge in [0.15, 0.2) is 0 Å². The Balaban J connectivity index is 0.000000134. The summed E-state index contributed by atoms with van der Waals surface area (Å²) in [6, 6.07) is 0. The monoisotopic (exact) mass is 175 g/mol. The highest BCUT2D eigenvalue weighted by Gasteiger charge is 2.25. The highest BCUT2D eigenvalue weighted by molar-refractivity contribution is 7.30. The molecule has 0 amide bonds. The average molecular weight is 175 g/mol. The fourth-order valence-corrected chi connectivity index (χ4v) is 1.72. The lowest BCUT2D eigenvalue weighted by Gasteiger charge is -1.96. The van der Waals surface area contributed by atoms with Gasteiger partial charge in [0.2, 0.25) is 0 Å². The highest BCUT2D eigenvalue weighted by atomic mass is 31.1. The first kappa shape index (κ1) is 8.85. The number of allylic oxidation sites excluding steroid dienone is 2. The number of rotatable bonds is 0. The van der Waals surface area contributed by atoms with Crippen LogP contribution in [0.25, 0.3) is 0 Å². The molecule has 0 saturated heterocycles. The molecule has 1 saturated carbocycles. The Bertz CT molecular complexity index is 163. The van der Waals surface area contributed by atoms with Crippen molar-refractivity contribution in [1.29, 1.82) is 0 Å². The summed E-state index contributed by atoms with van der Waals surface area (Å²) in [5.74, 6) is 1.98. The molecule has 2 unspecified atom stereocenters. The van der Waals surface area contributed by atoms with Crippen LogP contribution in [0, 0.1) is 11.8 Å². The van der Waals surface area contributed by atoms with Crippen LogP contribution in [-0.4, -0.2) is 9.79 Å². The lowest BCUT2D eigenvalue weighted by Crippen LogP contribution is -1.82. The fourth-order valence-electron chi connectivity index (χ4n) is 1.72. The molecular weight excluding hydrogens is 163 g/mol. The average Bonchev–Trinajstić information content (AvgIpc) is 2.45. The van der Waals surface area contributed by atoms with Gasteiger partial charge in [-0.2, -0.15) is 0 Å². The van der Waals surface area contributed by atoms with Crippen LogP contribution >= 0.6 is 8.25 Å². The maximum atomic E-state index is 8.70. The van der Waals surface area contributed by atoms with Gasteiger partial charge in [0, 0.05) is 4.57 Å². The van der Waals surface area contributed by atoms with Crippen LogP contribution in [-0.2, 0) is 4.57 Å². The summed E-state index contributed by atoms with van der Waals surface area (Å²) in [5, 5.41) is 0. The van der Waals surface area contributed by atoms with Crippen molar-refractivity contribution >= 4 is 8.25 Å². The molecule has 2 aliphatic rings. The third-order valence-corrected chi connectivity index (χ3v) is 2.17. The lowest BCUT2D eigenvalue weighted by atomic mass is 10.1. The van der Waals surface area contributed by atoms with Gasteiger partial charge in [-0.25, -0.2) is 0 Å². The number of hydrogen-bond acceptors (Lipinski definition) is 1.